The lowest BCUT2D eigenvalue weighted by molar-refractivity contribution is -0.384. The summed E-state index contributed by atoms with van der Waals surface area (Å²) < 4.78 is 2.11. The van der Waals surface area contributed by atoms with Gasteiger partial charge in [-0.1, -0.05) is 11.6 Å². The standard InChI is InChI=1S/C13H13ClN4O2/c14-9-1-4-13(18(19)20)12(5-9)16-7-11-6-15-8-17(11)10-2-3-10/h1,4-6,8,10,16H,2-3,7H2. The highest BCUT2D eigenvalue weighted by molar-refractivity contribution is 6.31. The summed E-state index contributed by atoms with van der Waals surface area (Å²) in [6.45, 7) is 0.484. The van der Waals surface area contributed by atoms with Crippen LogP contribution >= 0.6 is 11.6 Å². The number of nitrogens with one attached hydrogen (secondary N) is 1. The SMILES string of the molecule is O=[N+]([O-])c1ccc(Cl)cc1NCc1cncn1C1CC1. The quantitative estimate of drug-likeness (QED) is 0.677. The van der Waals surface area contributed by atoms with Crippen molar-refractivity contribution in [3.63, 3.8) is 0 Å². The minimum atomic E-state index is -0.420. The van der Waals surface area contributed by atoms with Crippen molar-refractivity contribution in [2.24, 2.45) is 0 Å². The van der Waals surface area contributed by atoms with Gasteiger partial charge < -0.3 is 9.88 Å². The summed E-state index contributed by atoms with van der Waals surface area (Å²) >= 11 is 5.89. The molecule has 7 heteroatoms. The lowest BCUT2D eigenvalue weighted by atomic mass is 10.2. The molecule has 0 unspecified atom stereocenters. The molecule has 6 nitrogen and oxygen atoms in total. The predicted molar refractivity (Wildman–Crippen MR) is 75.9 cm³/mol. The van der Waals surface area contributed by atoms with Crippen LogP contribution in [0.25, 0.3) is 0 Å². The summed E-state index contributed by atoms with van der Waals surface area (Å²) in [7, 11) is 0. The number of nitro groups is 1. The van der Waals surface area contributed by atoms with E-state index in [9.17, 15) is 10.1 Å². The van der Waals surface area contributed by atoms with Crippen LogP contribution in [0.4, 0.5) is 11.4 Å². The van der Waals surface area contributed by atoms with E-state index < -0.39 is 4.92 Å². The van der Waals surface area contributed by atoms with Crippen LogP contribution in [0.5, 0.6) is 0 Å². The molecule has 1 aromatic heterocycles. The van der Waals surface area contributed by atoms with Crippen molar-refractivity contribution in [1.82, 2.24) is 9.55 Å². The van der Waals surface area contributed by atoms with Gasteiger partial charge >= 0.3 is 0 Å². The Balaban J connectivity index is 1.79. The van der Waals surface area contributed by atoms with Crippen molar-refractivity contribution in [2.45, 2.75) is 25.4 Å². The van der Waals surface area contributed by atoms with Crippen LogP contribution in [0.3, 0.4) is 0 Å². The van der Waals surface area contributed by atoms with Gasteiger partial charge in [0.2, 0.25) is 0 Å². The molecule has 20 heavy (non-hydrogen) atoms. The maximum absolute atomic E-state index is 11.0. The molecule has 104 valence electrons. The molecule has 0 atom stereocenters. The number of imidazole rings is 1. The number of hydrogen-bond donors (Lipinski definition) is 1. The predicted octanol–water partition coefficient (Wildman–Crippen LogP) is 3.39. The molecular formula is C13H13ClN4O2. The zero-order valence-electron chi connectivity index (χ0n) is 10.6. The summed E-state index contributed by atoms with van der Waals surface area (Å²) in [5.41, 5.74) is 1.46. The van der Waals surface area contributed by atoms with Gasteiger partial charge in [-0.15, -0.1) is 0 Å². The van der Waals surface area contributed by atoms with E-state index >= 15 is 0 Å². The maximum atomic E-state index is 11.0. The van der Waals surface area contributed by atoms with Crippen LogP contribution in [0, 0.1) is 10.1 Å². The van der Waals surface area contributed by atoms with Crippen molar-refractivity contribution in [3.8, 4) is 0 Å². The van der Waals surface area contributed by atoms with E-state index in [1.165, 1.54) is 25.0 Å². The third-order valence-corrected chi connectivity index (χ3v) is 3.54. The fraction of sp³-hybridized carbons (Fsp3) is 0.308. The van der Waals surface area contributed by atoms with Gasteiger partial charge in [-0.3, -0.25) is 10.1 Å². The topological polar surface area (TPSA) is 73.0 Å². The average Bonchev–Trinajstić information content (AvgIpc) is 3.15. The number of benzene rings is 1. The Labute approximate surface area is 120 Å². The van der Waals surface area contributed by atoms with Gasteiger partial charge in [-0.05, 0) is 25.0 Å². The summed E-state index contributed by atoms with van der Waals surface area (Å²) in [6, 6.07) is 5.02. The monoisotopic (exact) mass is 292 g/mol. The molecule has 1 heterocycles. The van der Waals surface area contributed by atoms with Crippen LogP contribution in [0.2, 0.25) is 5.02 Å². The second-order valence-corrected chi connectivity index (χ2v) is 5.23. The zero-order chi connectivity index (χ0) is 14.1. The molecule has 3 rings (SSSR count). The molecule has 1 aromatic carbocycles. The van der Waals surface area contributed by atoms with Crippen LogP contribution in [-0.4, -0.2) is 14.5 Å². The smallest absolute Gasteiger partial charge is 0.292 e. The molecule has 1 aliphatic rings. The molecular weight excluding hydrogens is 280 g/mol. The molecule has 0 bridgehead atoms. The minimum Gasteiger partial charge on any atom is -0.374 e. The number of hydrogen-bond acceptors (Lipinski definition) is 4. The lowest BCUT2D eigenvalue weighted by Gasteiger charge is -2.09. The molecule has 1 fully saturated rings. The maximum Gasteiger partial charge on any atom is 0.292 e. The molecule has 0 aliphatic heterocycles. The third kappa shape index (κ3) is 2.60. The van der Waals surface area contributed by atoms with Crippen molar-refractivity contribution in [3.05, 3.63) is 51.6 Å². The first-order chi connectivity index (χ1) is 9.65. The number of rotatable bonds is 5. The number of anilines is 1. The van der Waals surface area contributed by atoms with Crippen molar-refractivity contribution >= 4 is 23.0 Å². The van der Waals surface area contributed by atoms with Gasteiger partial charge in [0.25, 0.3) is 5.69 Å². The fourth-order valence-corrected chi connectivity index (χ4v) is 2.32. The molecule has 0 saturated heterocycles. The van der Waals surface area contributed by atoms with Gasteiger partial charge in [0, 0.05) is 23.3 Å². The van der Waals surface area contributed by atoms with Crippen LogP contribution in [-0.2, 0) is 6.54 Å². The first-order valence-electron chi connectivity index (χ1n) is 6.33. The molecule has 1 N–H and O–H groups in total. The number of nitrogens with zero attached hydrogens (tertiary/aromatic N) is 3. The van der Waals surface area contributed by atoms with Gasteiger partial charge in [0.1, 0.15) is 5.69 Å². The van der Waals surface area contributed by atoms with E-state index in [0.717, 1.165) is 5.69 Å². The molecule has 0 radical (unpaired) electrons. The molecule has 1 aliphatic carbocycles. The second kappa shape index (κ2) is 5.13. The van der Waals surface area contributed by atoms with Gasteiger partial charge in [0.05, 0.1) is 23.5 Å². The van der Waals surface area contributed by atoms with Gasteiger partial charge in [-0.2, -0.15) is 0 Å². The Morgan fingerprint density at radius 1 is 1.50 bits per heavy atom. The summed E-state index contributed by atoms with van der Waals surface area (Å²) in [6.07, 6.45) is 5.92. The highest BCUT2D eigenvalue weighted by atomic mass is 35.5. The van der Waals surface area contributed by atoms with Crippen molar-refractivity contribution in [1.29, 1.82) is 0 Å². The van der Waals surface area contributed by atoms with E-state index in [4.69, 9.17) is 11.6 Å². The number of aromatic nitrogens is 2. The second-order valence-electron chi connectivity index (χ2n) is 4.80. The lowest BCUT2D eigenvalue weighted by Crippen LogP contribution is -2.07. The van der Waals surface area contributed by atoms with E-state index in [2.05, 4.69) is 14.9 Å². The van der Waals surface area contributed by atoms with E-state index in [0.29, 0.717) is 23.3 Å². The van der Waals surface area contributed by atoms with Gasteiger partial charge in [-0.25, -0.2) is 4.98 Å². The number of halogens is 1. The molecule has 2 aromatic rings. The van der Waals surface area contributed by atoms with Crippen LogP contribution < -0.4 is 5.32 Å². The summed E-state index contributed by atoms with van der Waals surface area (Å²) in [5, 5.41) is 14.5. The van der Waals surface area contributed by atoms with Crippen LogP contribution in [0.1, 0.15) is 24.6 Å². The first-order valence-corrected chi connectivity index (χ1v) is 6.71. The van der Waals surface area contributed by atoms with Crippen molar-refractivity contribution in [2.75, 3.05) is 5.32 Å². The third-order valence-electron chi connectivity index (χ3n) is 3.30. The highest BCUT2D eigenvalue weighted by Gasteiger charge is 2.25. The Morgan fingerprint density at radius 2 is 2.30 bits per heavy atom. The number of nitro benzene ring substituents is 1. The van der Waals surface area contributed by atoms with E-state index in [-0.39, 0.29) is 5.69 Å². The average molecular weight is 293 g/mol. The first kappa shape index (κ1) is 12.9. The minimum absolute atomic E-state index is 0.0203. The molecule has 0 spiro atoms. The Bertz CT molecular complexity index is 652. The van der Waals surface area contributed by atoms with E-state index in [1.54, 1.807) is 18.6 Å². The van der Waals surface area contributed by atoms with Crippen LogP contribution in [0.15, 0.2) is 30.7 Å². The largest absolute Gasteiger partial charge is 0.374 e. The van der Waals surface area contributed by atoms with Gasteiger partial charge in [0.15, 0.2) is 0 Å². The molecule has 1 saturated carbocycles. The Kier molecular flexibility index (Phi) is 3.31. The highest BCUT2D eigenvalue weighted by Crippen LogP contribution is 2.36. The normalized spacial score (nSPS) is 14.2. The fourth-order valence-electron chi connectivity index (χ4n) is 2.15. The van der Waals surface area contributed by atoms with E-state index in [1.807, 2.05) is 0 Å². The molecule has 0 amide bonds. The Hall–Kier alpha value is -2.08. The van der Waals surface area contributed by atoms with Crippen molar-refractivity contribution < 1.29 is 4.92 Å². The zero-order valence-corrected chi connectivity index (χ0v) is 11.4. The summed E-state index contributed by atoms with van der Waals surface area (Å²) in [5.74, 6) is 0. The Morgan fingerprint density at radius 3 is 3.00 bits per heavy atom. The summed E-state index contributed by atoms with van der Waals surface area (Å²) in [4.78, 5) is 14.7.